The molecule has 1 fully saturated rings. The van der Waals surface area contributed by atoms with E-state index in [1.807, 2.05) is 6.92 Å². The van der Waals surface area contributed by atoms with Crippen molar-refractivity contribution in [1.82, 2.24) is 9.97 Å². The summed E-state index contributed by atoms with van der Waals surface area (Å²) in [7, 11) is 0. The first-order valence-corrected chi connectivity index (χ1v) is 6.25. The van der Waals surface area contributed by atoms with E-state index >= 15 is 0 Å². The zero-order chi connectivity index (χ0) is 13.0. The number of hydrogen-bond acceptors (Lipinski definition) is 5. The summed E-state index contributed by atoms with van der Waals surface area (Å²) in [6.07, 6.45) is 4.65. The maximum absolute atomic E-state index is 10.9. The molecule has 1 saturated heterocycles. The van der Waals surface area contributed by atoms with Crippen molar-refractivity contribution < 1.29 is 9.90 Å². The predicted molar refractivity (Wildman–Crippen MR) is 68.8 cm³/mol. The number of anilines is 2. The van der Waals surface area contributed by atoms with Crippen LogP contribution in [0.4, 0.5) is 11.6 Å². The summed E-state index contributed by atoms with van der Waals surface area (Å²) >= 11 is 0. The van der Waals surface area contributed by atoms with Crippen LogP contribution in [-0.4, -0.2) is 40.7 Å². The summed E-state index contributed by atoms with van der Waals surface area (Å²) in [6, 6.07) is 0. The van der Waals surface area contributed by atoms with Crippen molar-refractivity contribution in [2.75, 3.05) is 29.9 Å². The van der Waals surface area contributed by atoms with Gasteiger partial charge in [0.1, 0.15) is 0 Å². The average Bonchev–Trinajstić information content (AvgIpc) is 2.40. The highest BCUT2D eigenvalue weighted by atomic mass is 16.4. The molecule has 0 bridgehead atoms. The van der Waals surface area contributed by atoms with Crippen molar-refractivity contribution in [3.63, 3.8) is 0 Å². The van der Waals surface area contributed by atoms with Crippen LogP contribution >= 0.6 is 0 Å². The smallest absolute Gasteiger partial charge is 0.306 e. The molecule has 6 nitrogen and oxygen atoms in total. The highest BCUT2D eigenvalue weighted by molar-refractivity contribution is 5.70. The molecule has 1 aromatic rings. The van der Waals surface area contributed by atoms with Crippen LogP contribution in [0.2, 0.25) is 0 Å². The number of aliphatic carboxylic acids is 1. The SMILES string of the molecule is CCNc1nccnc1N1CCC(C(=O)O)CC1. The van der Waals surface area contributed by atoms with E-state index in [9.17, 15) is 4.79 Å². The van der Waals surface area contributed by atoms with E-state index in [-0.39, 0.29) is 5.92 Å². The van der Waals surface area contributed by atoms with Gasteiger partial charge in [0.2, 0.25) is 0 Å². The van der Waals surface area contributed by atoms with Crippen molar-refractivity contribution in [3.8, 4) is 0 Å². The Morgan fingerprint density at radius 3 is 2.72 bits per heavy atom. The predicted octanol–water partition coefficient (Wildman–Crippen LogP) is 1.21. The number of nitrogens with zero attached hydrogens (tertiary/aromatic N) is 3. The maximum Gasteiger partial charge on any atom is 0.306 e. The van der Waals surface area contributed by atoms with Crippen LogP contribution in [0.3, 0.4) is 0 Å². The molecule has 0 radical (unpaired) electrons. The summed E-state index contributed by atoms with van der Waals surface area (Å²) in [4.78, 5) is 21.6. The fourth-order valence-corrected chi connectivity index (χ4v) is 2.19. The first kappa shape index (κ1) is 12.6. The quantitative estimate of drug-likeness (QED) is 0.836. The van der Waals surface area contributed by atoms with Crippen LogP contribution in [0.25, 0.3) is 0 Å². The molecule has 2 heterocycles. The Kier molecular flexibility index (Phi) is 3.96. The zero-order valence-corrected chi connectivity index (χ0v) is 10.5. The Labute approximate surface area is 106 Å². The number of aromatic nitrogens is 2. The second-order valence-electron chi connectivity index (χ2n) is 4.36. The minimum Gasteiger partial charge on any atom is -0.481 e. The van der Waals surface area contributed by atoms with Crippen LogP contribution in [-0.2, 0) is 4.79 Å². The summed E-state index contributed by atoms with van der Waals surface area (Å²) < 4.78 is 0. The van der Waals surface area contributed by atoms with Gasteiger partial charge in [-0.1, -0.05) is 0 Å². The largest absolute Gasteiger partial charge is 0.481 e. The number of carbonyl (C=O) groups is 1. The molecular weight excluding hydrogens is 232 g/mol. The van der Waals surface area contributed by atoms with Gasteiger partial charge in [-0.3, -0.25) is 4.79 Å². The van der Waals surface area contributed by atoms with Crippen LogP contribution in [0.5, 0.6) is 0 Å². The van der Waals surface area contributed by atoms with Crippen LogP contribution in [0, 0.1) is 5.92 Å². The van der Waals surface area contributed by atoms with Gasteiger partial charge in [-0.25, -0.2) is 9.97 Å². The highest BCUT2D eigenvalue weighted by Crippen LogP contribution is 2.26. The molecule has 0 atom stereocenters. The Bertz CT molecular complexity index is 416. The van der Waals surface area contributed by atoms with Gasteiger partial charge in [-0.2, -0.15) is 0 Å². The van der Waals surface area contributed by atoms with E-state index < -0.39 is 5.97 Å². The maximum atomic E-state index is 10.9. The lowest BCUT2D eigenvalue weighted by molar-refractivity contribution is -0.142. The van der Waals surface area contributed by atoms with E-state index in [0.717, 1.165) is 18.2 Å². The fraction of sp³-hybridized carbons (Fsp3) is 0.583. The standard InChI is InChI=1S/C12H18N4O2/c1-2-13-10-11(15-6-5-14-10)16-7-3-9(4-8-16)12(17)18/h5-6,9H,2-4,7-8H2,1H3,(H,13,14)(H,17,18). The van der Waals surface area contributed by atoms with Crippen LogP contribution in [0.15, 0.2) is 12.4 Å². The molecule has 18 heavy (non-hydrogen) atoms. The number of carboxylic acid groups (broad SMARTS) is 1. The monoisotopic (exact) mass is 250 g/mol. The van der Waals surface area contributed by atoms with Crippen molar-refractivity contribution in [1.29, 1.82) is 0 Å². The second kappa shape index (κ2) is 5.66. The van der Waals surface area contributed by atoms with E-state index in [1.165, 1.54) is 0 Å². The van der Waals surface area contributed by atoms with Gasteiger partial charge in [0, 0.05) is 32.0 Å². The Morgan fingerprint density at radius 1 is 1.44 bits per heavy atom. The van der Waals surface area contributed by atoms with Gasteiger partial charge in [0.15, 0.2) is 11.6 Å². The number of piperidine rings is 1. The fourth-order valence-electron chi connectivity index (χ4n) is 2.19. The normalized spacial score (nSPS) is 16.6. The summed E-state index contributed by atoms with van der Waals surface area (Å²) in [5.41, 5.74) is 0. The molecule has 0 unspecified atom stereocenters. The van der Waals surface area contributed by atoms with Crippen LogP contribution < -0.4 is 10.2 Å². The lowest BCUT2D eigenvalue weighted by Gasteiger charge is -2.31. The molecule has 1 aliphatic heterocycles. The Hall–Kier alpha value is -1.85. The minimum atomic E-state index is -0.694. The van der Waals surface area contributed by atoms with Crippen LogP contribution in [0.1, 0.15) is 19.8 Å². The molecule has 0 amide bonds. The number of rotatable bonds is 4. The van der Waals surface area contributed by atoms with Gasteiger partial charge in [-0.15, -0.1) is 0 Å². The van der Waals surface area contributed by atoms with Gasteiger partial charge in [0.05, 0.1) is 5.92 Å². The molecule has 0 aromatic carbocycles. The van der Waals surface area contributed by atoms with Crippen molar-refractivity contribution >= 4 is 17.6 Å². The van der Waals surface area contributed by atoms with E-state index in [1.54, 1.807) is 12.4 Å². The molecule has 0 aliphatic carbocycles. The molecule has 6 heteroatoms. The van der Waals surface area contributed by atoms with Gasteiger partial charge >= 0.3 is 5.97 Å². The average molecular weight is 250 g/mol. The first-order valence-electron chi connectivity index (χ1n) is 6.25. The van der Waals surface area contributed by atoms with Gasteiger partial charge in [-0.05, 0) is 19.8 Å². The molecule has 1 aromatic heterocycles. The molecule has 0 saturated carbocycles. The molecule has 0 spiro atoms. The number of hydrogen-bond donors (Lipinski definition) is 2. The first-order chi connectivity index (χ1) is 8.72. The van der Waals surface area contributed by atoms with Gasteiger partial charge < -0.3 is 15.3 Å². The third kappa shape index (κ3) is 2.69. The second-order valence-corrected chi connectivity index (χ2v) is 4.36. The molecule has 1 aliphatic rings. The van der Waals surface area contributed by atoms with E-state index in [2.05, 4.69) is 20.2 Å². The Balaban J connectivity index is 2.07. The number of nitrogens with one attached hydrogen (secondary N) is 1. The molecule has 98 valence electrons. The third-order valence-corrected chi connectivity index (χ3v) is 3.17. The topological polar surface area (TPSA) is 78.4 Å². The molecular formula is C12H18N4O2. The van der Waals surface area contributed by atoms with Gasteiger partial charge in [0.25, 0.3) is 0 Å². The van der Waals surface area contributed by atoms with E-state index in [4.69, 9.17) is 5.11 Å². The summed E-state index contributed by atoms with van der Waals surface area (Å²) in [5.74, 6) is 0.679. The highest BCUT2D eigenvalue weighted by Gasteiger charge is 2.26. The lowest BCUT2D eigenvalue weighted by atomic mass is 9.97. The van der Waals surface area contributed by atoms with Crippen molar-refractivity contribution in [2.24, 2.45) is 5.92 Å². The molecule has 2 rings (SSSR count). The third-order valence-electron chi connectivity index (χ3n) is 3.17. The minimum absolute atomic E-state index is 0.222. The molecule has 2 N–H and O–H groups in total. The summed E-state index contributed by atoms with van der Waals surface area (Å²) in [6.45, 7) is 4.23. The lowest BCUT2D eigenvalue weighted by Crippen LogP contribution is -2.37. The Morgan fingerprint density at radius 2 is 2.11 bits per heavy atom. The number of carboxylic acids is 1. The summed E-state index contributed by atoms with van der Waals surface area (Å²) in [5, 5.41) is 12.2. The van der Waals surface area contributed by atoms with E-state index in [0.29, 0.717) is 25.9 Å². The van der Waals surface area contributed by atoms with Crippen molar-refractivity contribution in [2.45, 2.75) is 19.8 Å². The zero-order valence-electron chi connectivity index (χ0n) is 10.5. The van der Waals surface area contributed by atoms with Crippen molar-refractivity contribution in [3.05, 3.63) is 12.4 Å².